The summed E-state index contributed by atoms with van der Waals surface area (Å²) in [6.45, 7) is 6.24. The van der Waals surface area contributed by atoms with Crippen molar-refractivity contribution >= 4 is 22.8 Å². The minimum absolute atomic E-state index is 0.289. The molecule has 0 unspecified atom stereocenters. The minimum Gasteiger partial charge on any atom is -0.464 e. The van der Waals surface area contributed by atoms with Crippen molar-refractivity contribution in [1.29, 1.82) is 0 Å². The fourth-order valence-electron chi connectivity index (χ4n) is 2.57. The molecular weight excluding hydrogens is 304 g/mol. The monoisotopic (exact) mass is 324 g/mol. The van der Waals surface area contributed by atoms with E-state index in [0.717, 1.165) is 33.7 Å². The van der Waals surface area contributed by atoms with Crippen LogP contribution in [0.15, 0.2) is 30.3 Å². The van der Waals surface area contributed by atoms with Gasteiger partial charge in [0.2, 0.25) is 0 Å². The van der Waals surface area contributed by atoms with Gasteiger partial charge in [-0.15, -0.1) is 0 Å². The topological polar surface area (TPSA) is 79.9 Å². The molecule has 6 heteroatoms. The number of aromatic nitrogens is 3. The first-order valence-electron chi connectivity index (χ1n) is 7.86. The second-order valence-corrected chi connectivity index (χ2v) is 5.63. The maximum Gasteiger partial charge on any atom is 0.302 e. The van der Waals surface area contributed by atoms with Gasteiger partial charge in [0.05, 0.1) is 11.9 Å². The molecule has 0 amide bonds. The standard InChI is InChI=1S/C18H20N4O2/c1-11-12(2)20-18-15(11)17(19-9-10-24-13(3)23)21-16(22-18)14-7-5-4-6-8-14/h4-8H,9-10H2,1-3H3,(H2,19,20,21,22). The molecule has 3 aromatic rings. The molecule has 2 heterocycles. The zero-order chi connectivity index (χ0) is 17.1. The zero-order valence-electron chi connectivity index (χ0n) is 14.0. The van der Waals surface area contributed by atoms with E-state index in [0.29, 0.717) is 19.0 Å². The smallest absolute Gasteiger partial charge is 0.302 e. The predicted octanol–water partition coefficient (Wildman–Crippen LogP) is 3.22. The van der Waals surface area contributed by atoms with E-state index in [-0.39, 0.29) is 5.97 Å². The summed E-state index contributed by atoms with van der Waals surface area (Å²) in [5.41, 5.74) is 3.92. The highest BCUT2D eigenvalue weighted by Crippen LogP contribution is 2.28. The number of hydrogen-bond donors (Lipinski definition) is 2. The molecule has 0 atom stereocenters. The normalized spacial score (nSPS) is 10.8. The van der Waals surface area contributed by atoms with Crippen molar-refractivity contribution in [3.8, 4) is 11.4 Å². The molecule has 0 fully saturated rings. The van der Waals surface area contributed by atoms with Crippen molar-refractivity contribution in [2.24, 2.45) is 0 Å². The molecule has 3 rings (SSSR count). The molecule has 0 aliphatic carbocycles. The second kappa shape index (κ2) is 6.70. The number of carbonyl (C=O) groups is 1. The fourth-order valence-corrected chi connectivity index (χ4v) is 2.57. The molecule has 0 aliphatic rings. The van der Waals surface area contributed by atoms with Gasteiger partial charge in [0, 0.05) is 18.2 Å². The summed E-state index contributed by atoms with van der Waals surface area (Å²) < 4.78 is 4.97. The molecule has 2 N–H and O–H groups in total. The number of fused-ring (bicyclic) bond motifs is 1. The maximum atomic E-state index is 10.9. The Morgan fingerprint density at radius 2 is 1.96 bits per heavy atom. The van der Waals surface area contributed by atoms with Gasteiger partial charge in [-0.3, -0.25) is 4.79 Å². The maximum absolute atomic E-state index is 10.9. The Kier molecular flexibility index (Phi) is 4.46. The number of rotatable bonds is 5. The van der Waals surface area contributed by atoms with E-state index in [1.165, 1.54) is 6.92 Å². The summed E-state index contributed by atoms with van der Waals surface area (Å²) in [5, 5.41) is 4.23. The number of ether oxygens (including phenoxy) is 1. The molecule has 0 radical (unpaired) electrons. The van der Waals surface area contributed by atoms with Crippen LogP contribution in [0.25, 0.3) is 22.4 Å². The van der Waals surface area contributed by atoms with Gasteiger partial charge in [-0.1, -0.05) is 30.3 Å². The lowest BCUT2D eigenvalue weighted by atomic mass is 10.2. The van der Waals surface area contributed by atoms with Crippen LogP contribution in [0.2, 0.25) is 0 Å². The van der Waals surface area contributed by atoms with Gasteiger partial charge in [-0.25, -0.2) is 9.97 Å². The van der Waals surface area contributed by atoms with Crippen LogP contribution in [0, 0.1) is 13.8 Å². The third-order valence-corrected chi connectivity index (χ3v) is 3.88. The van der Waals surface area contributed by atoms with Gasteiger partial charge in [-0.2, -0.15) is 0 Å². The third kappa shape index (κ3) is 3.22. The van der Waals surface area contributed by atoms with Crippen LogP contribution in [0.5, 0.6) is 0 Å². The SMILES string of the molecule is CC(=O)OCCNc1nc(-c2ccccc2)nc2[nH]c(C)c(C)c12. The lowest BCUT2D eigenvalue weighted by molar-refractivity contribution is -0.140. The molecule has 24 heavy (non-hydrogen) atoms. The second-order valence-electron chi connectivity index (χ2n) is 5.63. The molecule has 0 saturated heterocycles. The first-order chi connectivity index (χ1) is 11.6. The lowest BCUT2D eigenvalue weighted by Crippen LogP contribution is -2.13. The van der Waals surface area contributed by atoms with E-state index < -0.39 is 0 Å². The van der Waals surface area contributed by atoms with E-state index in [1.54, 1.807) is 0 Å². The summed E-state index contributed by atoms with van der Waals surface area (Å²) in [6, 6.07) is 9.84. The van der Waals surface area contributed by atoms with E-state index >= 15 is 0 Å². The van der Waals surface area contributed by atoms with Crippen molar-refractivity contribution in [3.63, 3.8) is 0 Å². The number of H-pyrrole nitrogens is 1. The number of esters is 1. The highest BCUT2D eigenvalue weighted by molar-refractivity contribution is 5.92. The van der Waals surface area contributed by atoms with Crippen molar-refractivity contribution < 1.29 is 9.53 Å². The Morgan fingerprint density at radius 1 is 1.21 bits per heavy atom. The minimum atomic E-state index is -0.289. The average molecular weight is 324 g/mol. The summed E-state index contributed by atoms with van der Waals surface area (Å²) in [7, 11) is 0. The molecule has 0 aliphatic heterocycles. The summed E-state index contributed by atoms with van der Waals surface area (Å²) in [4.78, 5) is 23.5. The van der Waals surface area contributed by atoms with Crippen LogP contribution in [0.3, 0.4) is 0 Å². The lowest BCUT2D eigenvalue weighted by Gasteiger charge is -2.10. The molecule has 124 valence electrons. The van der Waals surface area contributed by atoms with Gasteiger partial charge in [0.15, 0.2) is 5.82 Å². The number of aryl methyl sites for hydroxylation is 2. The highest BCUT2D eigenvalue weighted by Gasteiger charge is 2.14. The average Bonchev–Trinajstić information content (AvgIpc) is 2.86. The first-order valence-corrected chi connectivity index (χ1v) is 7.86. The van der Waals surface area contributed by atoms with E-state index in [9.17, 15) is 4.79 Å². The number of carbonyl (C=O) groups excluding carboxylic acids is 1. The Balaban J connectivity index is 1.99. The molecule has 0 saturated carbocycles. The van der Waals surface area contributed by atoms with E-state index in [2.05, 4.69) is 20.3 Å². The van der Waals surface area contributed by atoms with Crippen LogP contribution in [0.1, 0.15) is 18.2 Å². The Bertz CT molecular complexity index is 872. The van der Waals surface area contributed by atoms with Crippen molar-refractivity contribution in [1.82, 2.24) is 15.0 Å². The van der Waals surface area contributed by atoms with Gasteiger partial charge >= 0.3 is 5.97 Å². The predicted molar refractivity (Wildman–Crippen MR) is 93.9 cm³/mol. The third-order valence-electron chi connectivity index (χ3n) is 3.88. The number of anilines is 1. The highest BCUT2D eigenvalue weighted by atomic mass is 16.5. The van der Waals surface area contributed by atoms with Crippen LogP contribution < -0.4 is 5.32 Å². The molecule has 0 bridgehead atoms. The Hall–Kier alpha value is -2.89. The van der Waals surface area contributed by atoms with E-state index in [1.807, 2.05) is 44.2 Å². The quantitative estimate of drug-likeness (QED) is 0.556. The summed E-state index contributed by atoms with van der Waals surface area (Å²) in [5.74, 6) is 1.11. The van der Waals surface area contributed by atoms with E-state index in [4.69, 9.17) is 4.74 Å². The van der Waals surface area contributed by atoms with Crippen LogP contribution in [0.4, 0.5) is 5.82 Å². The summed E-state index contributed by atoms with van der Waals surface area (Å²) >= 11 is 0. The molecule has 1 aromatic carbocycles. The Morgan fingerprint density at radius 3 is 2.67 bits per heavy atom. The number of benzene rings is 1. The number of nitrogens with zero attached hydrogens (tertiary/aromatic N) is 2. The summed E-state index contributed by atoms with van der Waals surface area (Å²) in [6.07, 6.45) is 0. The van der Waals surface area contributed by atoms with Crippen LogP contribution in [-0.2, 0) is 9.53 Å². The van der Waals surface area contributed by atoms with Crippen molar-refractivity contribution in [2.75, 3.05) is 18.5 Å². The largest absolute Gasteiger partial charge is 0.464 e. The number of nitrogens with one attached hydrogen (secondary N) is 2. The molecular formula is C18H20N4O2. The van der Waals surface area contributed by atoms with Crippen LogP contribution in [-0.4, -0.2) is 34.1 Å². The van der Waals surface area contributed by atoms with Gasteiger partial charge < -0.3 is 15.0 Å². The van der Waals surface area contributed by atoms with Gasteiger partial charge in [-0.05, 0) is 19.4 Å². The van der Waals surface area contributed by atoms with Crippen molar-refractivity contribution in [2.45, 2.75) is 20.8 Å². The van der Waals surface area contributed by atoms with Gasteiger partial charge in [0.25, 0.3) is 0 Å². The molecule has 0 spiro atoms. The number of aromatic amines is 1. The molecule has 6 nitrogen and oxygen atoms in total. The van der Waals surface area contributed by atoms with Crippen molar-refractivity contribution in [3.05, 3.63) is 41.6 Å². The fraction of sp³-hybridized carbons (Fsp3) is 0.278. The first kappa shape index (κ1) is 16.0. The Labute approximate surface area is 140 Å². The van der Waals surface area contributed by atoms with Crippen LogP contribution >= 0.6 is 0 Å². The number of hydrogen-bond acceptors (Lipinski definition) is 5. The zero-order valence-corrected chi connectivity index (χ0v) is 14.0. The van der Waals surface area contributed by atoms with Gasteiger partial charge in [0.1, 0.15) is 18.1 Å². The molecule has 2 aromatic heterocycles.